The summed E-state index contributed by atoms with van der Waals surface area (Å²) in [6.07, 6.45) is -2.76. The molecule has 0 atom stereocenters. The monoisotopic (exact) mass is 406 g/mol. The first-order chi connectivity index (χ1) is 13.8. The van der Waals surface area contributed by atoms with E-state index in [0.29, 0.717) is 24.2 Å². The SMILES string of the molecule is COC(=O)c1ccc(CN(C(=O)N2CCCC2)c2cccc(C(F)(F)F)c2)cc1. The second-order valence-electron chi connectivity index (χ2n) is 6.80. The summed E-state index contributed by atoms with van der Waals surface area (Å²) in [6.45, 7) is 1.24. The van der Waals surface area contributed by atoms with Crippen molar-refractivity contribution in [3.8, 4) is 0 Å². The number of rotatable bonds is 4. The zero-order valence-electron chi connectivity index (χ0n) is 15.9. The fourth-order valence-corrected chi connectivity index (χ4v) is 3.25. The van der Waals surface area contributed by atoms with E-state index in [9.17, 15) is 22.8 Å². The van der Waals surface area contributed by atoms with E-state index in [0.717, 1.165) is 25.0 Å². The number of alkyl halides is 3. The normalized spacial score (nSPS) is 14.0. The second kappa shape index (κ2) is 8.55. The molecule has 1 fully saturated rings. The highest BCUT2D eigenvalue weighted by molar-refractivity contribution is 5.92. The van der Waals surface area contributed by atoms with Crippen LogP contribution in [0.25, 0.3) is 0 Å². The molecule has 0 N–H and O–H groups in total. The lowest BCUT2D eigenvalue weighted by Crippen LogP contribution is -2.41. The molecule has 1 saturated heterocycles. The first-order valence-electron chi connectivity index (χ1n) is 9.20. The van der Waals surface area contributed by atoms with Gasteiger partial charge in [-0.05, 0) is 48.7 Å². The molecule has 2 amide bonds. The number of urea groups is 1. The first-order valence-corrected chi connectivity index (χ1v) is 9.20. The number of halogens is 3. The lowest BCUT2D eigenvalue weighted by atomic mass is 10.1. The third-order valence-corrected chi connectivity index (χ3v) is 4.81. The number of esters is 1. The van der Waals surface area contributed by atoms with E-state index < -0.39 is 17.7 Å². The second-order valence-corrected chi connectivity index (χ2v) is 6.80. The van der Waals surface area contributed by atoms with Crippen LogP contribution in [-0.4, -0.2) is 37.1 Å². The zero-order chi connectivity index (χ0) is 21.0. The molecule has 0 aliphatic carbocycles. The van der Waals surface area contributed by atoms with Crippen LogP contribution in [0.15, 0.2) is 48.5 Å². The summed E-state index contributed by atoms with van der Waals surface area (Å²) in [5.41, 5.74) is 0.402. The molecule has 0 radical (unpaired) electrons. The molecule has 0 bridgehead atoms. The molecule has 5 nitrogen and oxygen atoms in total. The van der Waals surface area contributed by atoms with E-state index in [1.165, 1.54) is 24.1 Å². The highest BCUT2D eigenvalue weighted by Crippen LogP contribution is 2.32. The fourth-order valence-electron chi connectivity index (χ4n) is 3.25. The number of nitrogens with zero attached hydrogens (tertiary/aromatic N) is 2. The Kier molecular flexibility index (Phi) is 6.10. The summed E-state index contributed by atoms with van der Waals surface area (Å²) in [4.78, 5) is 27.6. The van der Waals surface area contributed by atoms with Gasteiger partial charge in [0.25, 0.3) is 0 Å². The van der Waals surface area contributed by atoms with Gasteiger partial charge in [-0.15, -0.1) is 0 Å². The number of hydrogen-bond acceptors (Lipinski definition) is 3. The van der Waals surface area contributed by atoms with E-state index in [4.69, 9.17) is 0 Å². The lowest BCUT2D eigenvalue weighted by Gasteiger charge is -2.28. The maximum Gasteiger partial charge on any atom is 0.416 e. The third-order valence-electron chi connectivity index (χ3n) is 4.81. The molecule has 3 rings (SSSR count). The van der Waals surface area contributed by atoms with Crippen LogP contribution in [0.4, 0.5) is 23.7 Å². The molecular weight excluding hydrogens is 385 g/mol. The van der Waals surface area contributed by atoms with Crippen LogP contribution in [0.2, 0.25) is 0 Å². The maximum atomic E-state index is 13.2. The number of hydrogen-bond donors (Lipinski definition) is 0. The average molecular weight is 406 g/mol. The smallest absolute Gasteiger partial charge is 0.416 e. The van der Waals surface area contributed by atoms with Crippen molar-refractivity contribution in [3.05, 3.63) is 65.2 Å². The zero-order valence-corrected chi connectivity index (χ0v) is 15.9. The number of likely N-dealkylation sites (tertiary alicyclic amines) is 1. The Hall–Kier alpha value is -3.03. The average Bonchev–Trinajstić information content (AvgIpc) is 3.26. The number of anilines is 1. The van der Waals surface area contributed by atoms with Crippen molar-refractivity contribution in [2.24, 2.45) is 0 Å². The van der Waals surface area contributed by atoms with Crippen molar-refractivity contribution in [3.63, 3.8) is 0 Å². The summed E-state index contributed by atoms with van der Waals surface area (Å²) in [6, 6.07) is 10.9. The highest BCUT2D eigenvalue weighted by atomic mass is 19.4. The van der Waals surface area contributed by atoms with Gasteiger partial charge in [-0.25, -0.2) is 9.59 Å². The summed E-state index contributed by atoms with van der Waals surface area (Å²) >= 11 is 0. The van der Waals surface area contributed by atoms with E-state index in [2.05, 4.69) is 4.74 Å². The Balaban J connectivity index is 1.91. The van der Waals surface area contributed by atoms with E-state index in [-0.39, 0.29) is 18.3 Å². The molecule has 154 valence electrons. The topological polar surface area (TPSA) is 49.9 Å². The van der Waals surface area contributed by atoms with Crippen LogP contribution in [0, 0.1) is 0 Å². The van der Waals surface area contributed by atoms with Gasteiger partial charge in [0, 0.05) is 18.8 Å². The van der Waals surface area contributed by atoms with Crippen LogP contribution >= 0.6 is 0 Å². The molecule has 0 saturated carbocycles. The van der Waals surface area contributed by atoms with Gasteiger partial charge in [0.05, 0.1) is 24.8 Å². The Morgan fingerprint density at radius 1 is 1.07 bits per heavy atom. The van der Waals surface area contributed by atoms with Gasteiger partial charge in [0.15, 0.2) is 0 Å². The van der Waals surface area contributed by atoms with E-state index >= 15 is 0 Å². The molecule has 2 aromatic carbocycles. The van der Waals surface area contributed by atoms with Gasteiger partial charge in [-0.3, -0.25) is 4.90 Å². The molecule has 0 spiro atoms. The molecule has 0 aromatic heterocycles. The quantitative estimate of drug-likeness (QED) is 0.691. The summed E-state index contributed by atoms with van der Waals surface area (Å²) in [5.74, 6) is -0.487. The van der Waals surface area contributed by atoms with Crippen molar-refractivity contribution < 1.29 is 27.5 Å². The largest absolute Gasteiger partial charge is 0.465 e. The number of carbonyl (C=O) groups excluding carboxylic acids is 2. The van der Waals surface area contributed by atoms with Gasteiger partial charge in [-0.2, -0.15) is 13.2 Å². The molecule has 0 unspecified atom stereocenters. The molecule has 2 aromatic rings. The Labute approximate surface area is 166 Å². The van der Waals surface area contributed by atoms with Crippen molar-refractivity contribution in [2.75, 3.05) is 25.1 Å². The molecule has 29 heavy (non-hydrogen) atoms. The number of carbonyl (C=O) groups is 2. The van der Waals surface area contributed by atoms with Gasteiger partial charge in [0.1, 0.15) is 0 Å². The minimum absolute atomic E-state index is 0.0814. The first kappa shape index (κ1) is 20.7. The fraction of sp³-hybridized carbons (Fsp3) is 0.333. The summed E-state index contributed by atoms with van der Waals surface area (Å²) in [5, 5.41) is 0. The van der Waals surface area contributed by atoms with Crippen LogP contribution in [0.3, 0.4) is 0 Å². The number of methoxy groups -OCH3 is 1. The van der Waals surface area contributed by atoms with Gasteiger partial charge >= 0.3 is 18.2 Å². The third kappa shape index (κ3) is 4.88. The standard InChI is InChI=1S/C21H21F3N2O3/c1-29-19(27)16-9-7-15(8-10-16)14-26(20(28)25-11-2-3-12-25)18-6-4-5-17(13-18)21(22,23)24/h4-10,13H,2-3,11-12,14H2,1H3. The predicted molar refractivity (Wildman–Crippen MR) is 102 cm³/mol. The van der Waals surface area contributed by atoms with Crippen LogP contribution in [0.5, 0.6) is 0 Å². The Morgan fingerprint density at radius 3 is 2.31 bits per heavy atom. The van der Waals surface area contributed by atoms with Crippen LogP contribution in [0.1, 0.15) is 34.3 Å². The van der Waals surface area contributed by atoms with Crippen molar-refractivity contribution in [1.82, 2.24) is 4.90 Å². The minimum atomic E-state index is -4.50. The van der Waals surface area contributed by atoms with Gasteiger partial charge < -0.3 is 9.64 Å². The van der Waals surface area contributed by atoms with Gasteiger partial charge in [-0.1, -0.05) is 18.2 Å². The molecular formula is C21H21F3N2O3. The summed E-state index contributed by atoms with van der Waals surface area (Å²) in [7, 11) is 1.28. The lowest BCUT2D eigenvalue weighted by molar-refractivity contribution is -0.137. The van der Waals surface area contributed by atoms with Crippen LogP contribution in [-0.2, 0) is 17.5 Å². The molecule has 1 aliphatic heterocycles. The van der Waals surface area contributed by atoms with Crippen molar-refractivity contribution >= 4 is 17.7 Å². The minimum Gasteiger partial charge on any atom is -0.465 e. The number of amides is 2. The molecule has 1 heterocycles. The van der Waals surface area contributed by atoms with E-state index in [1.54, 1.807) is 29.2 Å². The highest BCUT2D eigenvalue weighted by Gasteiger charge is 2.32. The molecule has 1 aliphatic rings. The molecule has 8 heteroatoms. The number of ether oxygens (including phenoxy) is 1. The van der Waals surface area contributed by atoms with Gasteiger partial charge in [0.2, 0.25) is 0 Å². The van der Waals surface area contributed by atoms with Crippen molar-refractivity contribution in [2.45, 2.75) is 25.6 Å². The number of benzene rings is 2. The maximum absolute atomic E-state index is 13.2. The summed E-state index contributed by atoms with van der Waals surface area (Å²) < 4.78 is 44.1. The Morgan fingerprint density at radius 2 is 1.72 bits per heavy atom. The van der Waals surface area contributed by atoms with Crippen molar-refractivity contribution in [1.29, 1.82) is 0 Å². The predicted octanol–water partition coefficient (Wildman–Crippen LogP) is 4.71. The Bertz CT molecular complexity index is 875. The van der Waals surface area contributed by atoms with E-state index in [1.807, 2.05) is 0 Å². The van der Waals surface area contributed by atoms with Crippen LogP contribution < -0.4 is 4.90 Å².